The first-order valence-corrected chi connectivity index (χ1v) is 5.40. The highest BCUT2D eigenvalue weighted by atomic mass is 19.2. The van der Waals surface area contributed by atoms with Crippen LogP contribution >= 0.6 is 0 Å². The highest BCUT2D eigenvalue weighted by Crippen LogP contribution is 2.17. The van der Waals surface area contributed by atoms with Crippen LogP contribution in [0, 0.1) is 18.6 Å². The van der Waals surface area contributed by atoms with Gasteiger partial charge in [0.05, 0.1) is 5.69 Å². The van der Waals surface area contributed by atoms with Crippen molar-refractivity contribution in [3.05, 3.63) is 65.2 Å². The van der Waals surface area contributed by atoms with Crippen LogP contribution in [0.4, 0.5) is 14.5 Å². The largest absolute Gasteiger partial charge is 0.319 e. The van der Waals surface area contributed by atoms with E-state index < -0.39 is 17.5 Å². The minimum atomic E-state index is -1.06. The van der Waals surface area contributed by atoms with E-state index in [1.165, 1.54) is 12.1 Å². The van der Waals surface area contributed by atoms with Crippen LogP contribution in [0.2, 0.25) is 0 Å². The van der Waals surface area contributed by atoms with Crippen molar-refractivity contribution in [1.82, 2.24) is 0 Å². The number of halogens is 2. The predicted molar refractivity (Wildman–Crippen MR) is 65.5 cm³/mol. The van der Waals surface area contributed by atoms with Crippen LogP contribution in [0.25, 0.3) is 0 Å². The fraction of sp³-hybridized carbons (Fsp3) is 0.0714. The maximum Gasteiger partial charge on any atom is 0.255 e. The Morgan fingerprint density at radius 3 is 2.39 bits per heavy atom. The summed E-state index contributed by atoms with van der Waals surface area (Å²) in [5.74, 6) is -2.52. The standard InChI is InChI=1S/C14H11F2NO/c1-9-5-7-10(8-6-9)14(18)17-12-4-2-3-11(15)13(12)16/h2-8H,1H3,(H,17,18). The Bertz CT molecular complexity index is 579. The number of hydrogen-bond acceptors (Lipinski definition) is 1. The second-order valence-electron chi connectivity index (χ2n) is 3.92. The number of nitrogens with one attached hydrogen (secondary N) is 1. The number of benzene rings is 2. The van der Waals surface area contributed by atoms with Gasteiger partial charge in [0, 0.05) is 5.56 Å². The molecule has 1 amide bonds. The van der Waals surface area contributed by atoms with Crippen molar-refractivity contribution in [1.29, 1.82) is 0 Å². The van der Waals surface area contributed by atoms with Crippen LogP contribution in [0.3, 0.4) is 0 Å². The van der Waals surface area contributed by atoms with Crippen molar-refractivity contribution in [2.24, 2.45) is 0 Å². The van der Waals surface area contributed by atoms with Crippen LogP contribution < -0.4 is 5.32 Å². The maximum absolute atomic E-state index is 13.4. The fourth-order valence-corrected chi connectivity index (χ4v) is 1.50. The Kier molecular flexibility index (Phi) is 3.37. The molecule has 0 bridgehead atoms. The minimum absolute atomic E-state index is 0.166. The van der Waals surface area contributed by atoms with E-state index in [9.17, 15) is 13.6 Å². The summed E-state index contributed by atoms with van der Waals surface area (Å²) in [5.41, 5.74) is 1.24. The van der Waals surface area contributed by atoms with E-state index >= 15 is 0 Å². The molecule has 0 spiro atoms. The smallest absolute Gasteiger partial charge is 0.255 e. The van der Waals surface area contributed by atoms with Gasteiger partial charge in [0.2, 0.25) is 0 Å². The van der Waals surface area contributed by atoms with Crippen LogP contribution in [-0.2, 0) is 0 Å². The van der Waals surface area contributed by atoms with Gasteiger partial charge in [-0.1, -0.05) is 23.8 Å². The zero-order valence-electron chi connectivity index (χ0n) is 9.71. The summed E-state index contributed by atoms with van der Waals surface area (Å²) in [5, 5.41) is 2.33. The third-order valence-electron chi connectivity index (χ3n) is 2.51. The summed E-state index contributed by atoms with van der Waals surface area (Å²) in [6.07, 6.45) is 0. The Morgan fingerprint density at radius 2 is 1.72 bits per heavy atom. The average Bonchev–Trinajstić information content (AvgIpc) is 2.36. The molecule has 0 unspecified atom stereocenters. The molecule has 0 atom stereocenters. The highest BCUT2D eigenvalue weighted by molar-refractivity contribution is 6.04. The molecular formula is C14H11F2NO. The lowest BCUT2D eigenvalue weighted by Crippen LogP contribution is -2.13. The van der Waals surface area contributed by atoms with Crippen molar-refractivity contribution in [3.63, 3.8) is 0 Å². The Balaban J connectivity index is 2.21. The number of carbonyl (C=O) groups excluding carboxylic acids is 1. The summed E-state index contributed by atoms with van der Waals surface area (Å²) >= 11 is 0. The molecule has 18 heavy (non-hydrogen) atoms. The summed E-state index contributed by atoms with van der Waals surface area (Å²) in [6, 6.07) is 10.4. The van der Waals surface area contributed by atoms with Gasteiger partial charge in [0.25, 0.3) is 5.91 Å². The van der Waals surface area contributed by atoms with E-state index in [0.29, 0.717) is 5.56 Å². The van der Waals surface area contributed by atoms with Gasteiger partial charge in [0.15, 0.2) is 11.6 Å². The van der Waals surface area contributed by atoms with Gasteiger partial charge in [-0.2, -0.15) is 0 Å². The van der Waals surface area contributed by atoms with Crippen molar-refractivity contribution < 1.29 is 13.6 Å². The molecule has 4 heteroatoms. The first-order chi connectivity index (χ1) is 8.58. The highest BCUT2D eigenvalue weighted by Gasteiger charge is 2.11. The zero-order valence-corrected chi connectivity index (χ0v) is 9.71. The Hall–Kier alpha value is -2.23. The maximum atomic E-state index is 13.4. The van der Waals surface area contributed by atoms with E-state index in [1.54, 1.807) is 24.3 Å². The number of rotatable bonds is 2. The van der Waals surface area contributed by atoms with Gasteiger partial charge < -0.3 is 5.32 Å². The van der Waals surface area contributed by atoms with Crippen molar-refractivity contribution >= 4 is 11.6 Å². The number of carbonyl (C=O) groups is 1. The van der Waals surface area contributed by atoms with E-state index in [-0.39, 0.29) is 5.69 Å². The van der Waals surface area contributed by atoms with Crippen LogP contribution in [0.5, 0.6) is 0 Å². The quantitative estimate of drug-likeness (QED) is 0.864. The lowest BCUT2D eigenvalue weighted by molar-refractivity contribution is 0.102. The minimum Gasteiger partial charge on any atom is -0.319 e. The molecule has 0 saturated carbocycles. The number of amides is 1. The molecule has 92 valence electrons. The van der Waals surface area contributed by atoms with Gasteiger partial charge in [-0.15, -0.1) is 0 Å². The molecule has 2 aromatic rings. The molecule has 2 rings (SSSR count). The van der Waals surface area contributed by atoms with E-state index in [1.807, 2.05) is 6.92 Å². The molecule has 0 saturated heterocycles. The van der Waals surface area contributed by atoms with Gasteiger partial charge >= 0.3 is 0 Å². The molecule has 2 nitrogen and oxygen atoms in total. The number of aryl methyl sites for hydroxylation is 1. The molecule has 0 aromatic heterocycles. The first kappa shape index (κ1) is 12.2. The van der Waals surface area contributed by atoms with Gasteiger partial charge in [-0.25, -0.2) is 8.78 Å². The molecule has 0 aliphatic rings. The number of hydrogen-bond donors (Lipinski definition) is 1. The SMILES string of the molecule is Cc1ccc(C(=O)Nc2cccc(F)c2F)cc1. The molecule has 0 radical (unpaired) electrons. The van der Waals surface area contributed by atoms with Crippen LogP contribution in [0.15, 0.2) is 42.5 Å². The van der Waals surface area contributed by atoms with Crippen molar-refractivity contribution in [2.45, 2.75) is 6.92 Å². The molecule has 0 fully saturated rings. The van der Waals surface area contributed by atoms with Crippen LogP contribution in [-0.4, -0.2) is 5.91 Å². The molecule has 2 aromatic carbocycles. The van der Waals surface area contributed by atoms with Gasteiger partial charge in [0.1, 0.15) is 0 Å². The topological polar surface area (TPSA) is 29.1 Å². The Labute approximate surface area is 103 Å². The molecule has 1 N–H and O–H groups in total. The summed E-state index contributed by atoms with van der Waals surface area (Å²) in [6.45, 7) is 1.90. The van der Waals surface area contributed by atoms with Crippen molar-refractivity contribution in [3.8, 4) is 0 Å². The lowest BCUT2D eigenvalue weighted by Gasteiger charge is -2.06. The zero-order chi connectivity index (χ0) is 13.1. The Morgan fingerprint density at radius 1 is 1.06 bits per heavy atom. The van der Waals surface area contributed by atoms with Crippen LogP contribution in [0.1, 0.15) is 15.9 Å². The van der Waals surface area contributed by atoms with E-state index in [4.69, 9.17) is 0 Å². The molecule has 0 aliphatic heterocycles. The average molecular weight is 247 g/mol. The summed E-state index contributed by atoms with van der Waals surface area (Å²) in [4.78, 5) is 11.8. The summed E-state index contributed by atoms with van der Waals surface area (Å²) in [7, 11) is 0. The van der Waals surface area contributed by atoms with Gasteiger partial charge in [-0.3, -0.25) is 4.79 Å². The first-order valence-electron chi connectivity index (χ1n) is 5.40. The fourth-order valence-electron chi connectivity index (χ4n) is 1.50. The monoisotopic (exact) mass is 247 g/mol. The van der Waals surface area contributed by atoms with Crippen molar-refractivity contribution in [2.75, 3.05) is 5.32 Å². The molecule has 0 aliphatic carbocycles. The van der Waals surface area contributed by atoms with Gasteiger partial charge in [-0.05, 0) is 31.2 Å². The normalized spacial score (nSPS) is 10.2. The molecule has 0 heterocycles. The third-order valence-corrected chi connectivity index (χ3v) is 2.51. The summed E-state index contributed by atoms with van der Waals surface area (Å²) < 4.78 is 26.3. The van der Waals surface area contributed by atoms with E-state index in [0.717, 1.165) is 11.6 Å². The van der Waals surface area contributed by atoms with E-state index in [2.05, 4.69) is 5.32 Å². The number of anilines is 1. The third kappa shape index (κ3) is 2.53. The second kappa shape index (κ2) is 4.96. The predicted octanol–water partition coefficient (Wildman–Crippen LogP) is 3.53. The molecular weight excluding hydrogens is 236 g/mol. The second-order valence-corrected chi connectivity index (χ2v) is 3.92. The lowest BCUT2D eigenvalue weighted by atomic mass is 10.1.